The summed E-state index contributed by atoms with van der Waals surface area (Å²) in [5.74, 6) is 3.33. The molecule has 4 atom stereocenters. The molecule has 2 N–H and O–H groups in total. The average molecular weight is 273 g/mol. The van der Waals surface area contributed by atoms with Crippen molar-refractivity contribution in [3.8, 4) is 5.88 Å². The van der Waals surface area contributed by atoms with E-state index in [9.17, 15) is 0 Å². The van der Waals surface area contributed by atoms with Crippen LogP contribution >= 0.6 is 0 Å². The minimum Gasteiger partial charge on any atom is -0.477 e. The molecule has 5 nitrogen and oxygen atoms in total. The average Bonchev–Trinajstić information content (AvgIpc) is 3.14. The van der Waals surface area contributed by atoms with E-state index < -0.39 is 0 Å². The summed E-state index contributed by atoms with van der Waals surface area (Å²) in [4.78, 5) is 8.18. The van der Waals surface area contributed by atoms with Gasteiger partial charge in [-0.3, -0.25) is 10.7 Å². The lowest BCUT2D eigenvalue weighted by atomic mass is 9.68. The van der Waals surface area contributed by atoms with Crippen molar-refractivity contribution in [1.29, 1.82) is 0 Å². The van der Waals surface area contributed by atoms with Crippen LogP contribution in [0.25, 0.3) is 0 Å². The standard InChI is InChI=1S/C15H19N3O2/c19-18-9-17-12-1-2-14(16-7-12)20-8-10-5-11-6-15(11)4-3-13(10)15/h1-2,7,9-11,13,19H,3-6,8H2,(H,17,18)/t10?,11-,13+,15?/m1/s1. The van der Waals surface area contributed by atoms with Crippen molar-refractivity contribution in [1.82, 2.24) is 10.5 Å². The highest BCUT2D eigenvalue weighted by atomic mass is 16.5. The third kappa shape index (κ3) is 1.80. The fraction of sp³-hybridized carbons (Fsp3) is 0.600. The van der Waals surface area contributed by atoms with Gasteiger partial charge in [-0.2, -0.15) is 0 Å². The van der Waals surface area contributed by atoms with E-state index in [0.717, 1.165) is 29.8 Å². The van der Waals surface area contributed by atoms with E-state index >= 15 is 0 Å². The van der Waals surface area contributed by atoms with Crippen molar-refractivity contribution in [3.63, 3.8) is 0 Å². The summed E-state index contributed by atoms with van der Waals surface area (Å²) < 4.78 is 5.84. The number of hydroxylamine groups is 1. The number of nitrogens with zero attached hydrogens (tertiary/aromatic N) is 2. The highest BCUT2D eigenvalue weighted by molar-refractivity contribution is 5.59. The molecule has 3 fully saturated rings. The van der Waals surface area contributed by atoms with Crippen LogP contribution in [-0.4, -0.2) is 23.1 Å². The highest BCUT2D eigenvalue weighted by Gasteiger charge is 2.70. The first-order valence-corrected chi connectivity index (χ1v) is 7.33. The normalized spacial score (nSPS) is 37.1. The maximum absolute atomic E-state index is 8.42. The first-order chi connectivity index (χ1) is 9.82. The molecule has 1 aromatic rings. The summed E-state index contributed by atoms with van der Waals surface area (Å²) in [6, 6.07) is 3.66. The zero-order chi connectivity index (χ0) is 13.6. The molecule has 1 aromatic heterocycles. The SMILES string of the molecule is ONC=Nc1ccc(OCC2C[C@@H]3CC34CC[C@@H]24)nc1. The number of aromatic nitrogens is 1. The Labute approximate surface area is 118 Å². The molecule has 5 heteroatoms. The lowest BCUT2D eigenvalue weighted by Gasteiger charge is -2.38. The molecule has 0 amide bonds. The smallest absolute Gasteiger partial charge is 0.213 e. The number of pyridine rings is 1. The van der Waals surface area contributed by atoms with Crippen LogP contribution < -0.4 is 10.2 Å². The number of hydrogen-bond donors (Lipinski definition) is 2. The molecule has 0 radical (unpaired) electrons. The molecular weight excluding hydrogens is 254 g/mol. The summed E-state index contributed by atoms with van der Waals surface area (Å²) in [5, 5.41) is 8.42. The van der Waals surface area contributed by atoms with Crippen molar-refractivity contribution in [2.45, 2.75) is 25.7 Å². The Morgan fingerprint density at radius 2 is 2.50 bits per heavy atom. The number of nitrogens with one attached hydrogen (secondary N) is 1. The van der Waals surface area contributed by atoms with Gasteiger partial charge in [-0.15, -0.1) is 0 Å². The molecule has 1 heterocycles. The zero-order valence-corrected chi connectivity index (χ0v) is 11.3. The minimum absolute atomic E-state index is 0.662. The molecule has 4 rings (SSSR count). The lowest BCUT2D eigenvalue weighted by Crippen LogP contribution is -2.32. The second kappa shape index (κ2) is 4.45. The predicted octanol–water partition coefficient (Wildman–Crippen LogP) is 2.54. The Balaban J connectivity index is 1.32. The topological polar surface area (TPSA) is 66.7 Å². The minimum atomic E-state index is 0.662. The Bertz CT molecular complexity index is 526. The van der Waals surface area contributed by atoms with E-state index in [2.05, 4.69) is 9.98 Å². The molecule has 0 aliphatic heterocycles. The summed E-state index contributed by atoms with van der Waals surface area (Å²) in [7, 11) is 0. The molecule has 0 aromatic carbocycles. The van der Waals surface area contributed by atoms with E-state index in [1.54, 1.807) is 6.20 Å². The number of hydrogen-bond acceptors (Lipinski definition) is 4. The van der Waals surface area contributed by atoms with Crippen LogP contribution in [0.4, 0.5) is 5.69 Å². The summed E-state index contributed by atoms with van der Waals surface area (Å²) >= 11 is 0. The Morgan fingerprint density at radius 3 is 3.15 bits per heavy atom. The monoisotopic (exact) mass is 273 g/mol. The summed E-state index contributed by atoms with van der Waals surface area (Å²) in [5.41, 5.74) is 3.31. The molecule has 1 spiro atoms. The van der Waals surface area contributed by atoms with Gasteiger partial charge in [0.2, 0.25) is 5.88 Å². The summed E-state index contributed by atoms with van der Waals surface area (Å²) in [6.45, 7) is 0.802. The van der Waals surface area contributed by atoms with Crippen LogP contribution in [0.15, 0.2) is 23.3 Å². The van der Waals surface area contributed by atoms with Crippen molar-refractivity contribution in [3.05, 3.63) is 18.3 Å². The van der Waals surface area contributed by atoms with Crippen molar-refractivity contribution >= 4 is 12.0 Å². The first kappa shape index (κ1) is 12.1. The molecule has 3 aliphatic carbocycles. The van der Waals surface area contributed by atoms with E-state index in [4.69, 9.17) is 9.94 Å². The van der Waals surface area contributed by atoms with Gasteiger partial charge in [0, 0.05) is 6.07 Å². The van der Waals surface area contributed by atoms with Crippen molar-refractivity contribution in [2.24, 2.45) is 28.2 Å². The third-order valence-corrected chi connectivity index (χ3v) is 5.53. The Morgan fingerprint density at radius 1 is 1.55 bits per heavy atom. The van der Waals surface area contributed by atoms with Gasteiger partial charge in [0.15, 0.2) is 0 Å². The number of ether oxygens (including phenoxy) is 1. The van der Waals surface area contributed by atoms with Gasteiger partial charge in [-0.1, -0.05) is 0 Å². The highest BCUT2D eigenvalue weighted by Crippen LogP contribution is 2.77. The molecular formula is C15H19N3O2. The molecule has 106 valence electrons. The van der Waals surface area contributed by atoms with Crippen LogP contribution in [0.3, 0.4) is 0 Å². The molecule has 20 heavy (non-hydrogen) atoms. The number of rotatable bonds is 5. The molecule has 0 saturated heterocycles. The fourth-order valence-corrected chi connectivity index (χ4v) is 4.41. The summed E-state index contributed by atoms with van der Waals surface area (Å²) in [6.07, 6.45) is 8.55. The molecule has 3 saturated carbocycles. The second-order valence-corrected chi connectivity index (χ2v) is 6.33. The molecule has 3 aliphatic rings. The second-order valence-electron chi connectivity index (χ2n) is 6.33. The first-order valence-electron chi connectivity index (χ1n) is 7.33. The van der Waals surface area contributed by atoms with E-state index in [1.165, 1.54) is 32.0 Å². The van der Waals surface area contributed by atoms with Crippen LogP contribution in [0, 0.1) is 23.2 Å². The Hall–Kier alpha value is -1.62. The number of aliphatic imine (C=N–C) groups is 1. The van der Waals surface area contributed by atoms with Gasteiger partial charge in [-0.25, -0.2) is 9.98 Å². The maximum Gasteiger partial charge on any atom is 0.213 e. The third-order valence-electron chi connectivity index (χ3n) is 5.53. The predicted molar refractivity (Wildman–Crippen MR) is 74.2 cm³/mol. The van der Waals surface area contributed by atoms with Crippen molar-refractivity contribution in [2.75, 3.05) is 6.61 Å². The van der Waals surface area contributed by atoms with Gasteiger partial charge in [-0.05, 0) is 54.9 Å². The van der Waals surface area contributed by atoms with Gasteiger partial charge < -0.3 is 4.74 Å². The van der Waals surface area contributed by atoms with E-state index in [1.807, 2.05) is 17.6 Å². The maximum atomic E-state index is 8.42. The van der Waals surface area contributed by atoms with Gasteiger partial charge in [0.05, 0.1) is 18.5 Å². The lowest BCUT2D eigenvalue weighted by molar-refractivity contribution is 0.0846. The quantitative estimate of drug-likeness (QED) is 0.491. The van der Waals surface area contributed by atoms with Crippen LogP contribution in [0.2, 0.25) is 0 Å². The molecule has 2 unspecified atom stereocenters. The largest absolute Gasteiger partial charge is 0.477 e. The van der Waals surface area contributed by atoms with E-state index in [0.29, 0.717) is 11.6 Å². The van der Waals surface area contributed by atoms with Crippen LogP contribution in [-0.2, 0) is 0 Å². The Kier molecular flexibility index (Phi) is 2.70. The zero-order valence-electron chi connectivity index (χ0n) is 11.3. The van der Waals surface area contributed by atoms with E-state index in [-0.39, 0.29) is 0 Å². The fourth-order valence-electron chi connectivity index (χ4n) is 4.41. The van der Waals surface area contributed by atoms with Crippen LogP contribution in [0.1, 0.15) is 25.7 Å². The van der Waals surface area contributed by atoms with Crippen LogP contribution in [0.5, 0.6) is 5.88 Å². The van der Waals surface area contributed by atoms with Gasteiger partial charge in [0.25, 0.3) is 0 Å². The van der Waals surface area contributed by atoms with Gasteiger partial charge in [0.1, 0.15) is 6.34 Å². The molecule has 0 bridgehead atoms. The van der Waals surface area contributed by atoms with Crippen molar-refractivity contribution < 1.29 is 9.94 Å². The van der Waals surface area contributed by atoms with Gasteiger partial charge >= 0.3 is 0 Å².